The van der Waals surface area contributed by atoms with Crippen LogP contribution in [0.4, 0.5) is 0 Å². The number of aryl methyl sites for hydroxylation is 4. The van der Waals surface area contributed by atoms with E-state index in [1.54, 1.807) is 0 Å². The minimum absolute atomic E-state index is 0. The van der Waals surface area contributed by atoms with Gasteiger partial charge >= 0.3 is 30.2 Å². The van der Waals surface area contributed by atoms with Crippen LogP contribution in [0.5, 0.6) is 0 Å². The van der Waals surface area contributed by atoms with E-state index in [4.69, 9.17) is 0 Å². The van der Waals surface area contributed by atoms with Crippen molar-refractivity contribution in [3.8, 4) is 22.3 Å². The monoisotopic (exact) mass is 700 g/mol. The third-order valence-corrected chi connectivity index (χ3v) is 7.32. The molecule has 2 radical (unpaired) electrons. The van der Waals surface area contributed by atoms with Gasteiger partial charge in [0, 0.05) is 0 Å². The number of hydrogen-bond acceptors (Lipinski definition) is 0. The first-order chi connectivity index (χ1) is 18.8. The Labute approximate surface area is 290 Å². The molecule has 0 aromatic heterocycles. The first kappa shape index (κ1) is 40.8. The third-order valence-electron chi connectivity index (χ3n) is 7.32. The molecule has 6 rings (SSSR count). The first-order valence-corrected chi connectivity index (χ1v) is 17.7. The van der Waals surface area contributed by atoms with Gasteiger partial charge in [0.1, 0.15) is 0 Å². The third kappa shape index (κ3) is 9.63. The van der Waals surface area contributed by atoms with Crippen LogP contribution >= 0.6 is 24.8 Å². The normalized spacial score (nSPS) is 9.72. The predicted molar refractivity (Wildman–Crippen MR) is 196 cm³/mol. The molecule has 0 saturated carbocycles. The Balaban J connectivity index is 0.000000719. The summed E-state index contributed by atoms with van der Waals surface area (Å²) in [5.74, 6) is 0.578. The fraction of sp³-hybridized carbons (Fsp3) is 0.179. The van der Waals surface area contributed by atoms with Gasteiger partial charge in [-0.15, -0.1) is 87.8 Å². The molecule has 226 valence electrons. The van der Waals surface area contributed by atoms with E-state index in [0.717, 1.165) is 0 Å². The molecule has 0 unspecified atom stereocenters. The SMILES string of the molecule is Cc1cc(-c2ccccc2)c2cc(C)[cH-]c2c1.Cc1ccc(C)c(-c2cccc3[cH-]c(C(C)C)cc23)c1.Cl.Cl.[CH3-].[CH3-].[Si]=[Zr]. The molecule has 0 atom stereocenters. The number of benzene rings is 4. The zero-order valence-electron chi connectivity index (χ0n) is 26.7. The Morgan fingerprint density at radius 1 is 0.581 bits per heavy atom. The van der Waals surface area contributed by atoms with Crippen LogP contribution in [-0.2, 0) is 23.3 Å². The molecule has 0 spiro atoms. The summed E-state index contributed by atoms with van der Waals surface area (Å²) in [5, 5.41) is 5.44. The van der Waals surface area contributed by atoms with Crippen molar-refractivity contribution in [3.63, 3.8) is 0 Å². The van der Waals surface area contributed by atoms with Gasteiger partial charge in [-0.05, 0) is 43.4 Å². The quantitative estimate of drug-likeness (QED) is 0.127. The maximum atomic E-state index is 3.06. The Hall–Kier alpha value is -2.22. The Morgan fingerprint density at radius 3 is 1.86 bits per heavy atom. The van der Waals surface area contributed by atoms with Gasteiger partial charge in [0.15, 0.2) is 0 Å². The van der Waals surface area contributed by atoms with Crippen molar-refractivity contribution in [2.24, 2.45) is 0 Å². The Morgan fingerprint density at radius 2 is 1.21 bits per heavy atom. The number of rotatable bonds is 3. The average Bonchev–Trinajstić information content (AvgIpc) is 3.55. The molecule has 0 nitrogen and oxygen atoms in total. The van der Waals surface area contributed by atoms with Gasteiger partial charge in [-0.3, -0.25) is 0 Å². The molecule has 0 aliphatic carbocycles. The van der Waals surface area contributed by atoms with Crippen LogP contribution in [0, 0.1) is 42.5 Å². The van der Waals surface area contributed by atoms with Crippen molar-refractivity contribution in [2.45, 2.75) is 47.5 Å². The second kappa shape index (κ2) is 18.6. The minimum atomic E-state index is 0. The molecule has 43 heavy (non-hydrogen) atoms. The van der Waals surface area contributed by atoms with Crippen molar-refractivity contribution in [1.82, 2.24) is 0 Å². The molecule has 0 aliphatic rings. The topological polar surface area (TPSA) is 0 Å². The summed E-state index contributed by atoms with van der Waals surface area (Å²) in [5.41, 5.74) is 12.1. The molecule has 6 aromatic carbocycles. The van der Waals surface area contributed by atoms with Gasteiger partial charge in [0.2, 0.25) is 0 Å². The predicted octanol–water partition coefficient (Wildman–Crippen LogP) is 12.2. The van der Waals surface area contributed by atoms with Crippen LogP contribution in [0.15, 0.2) is 103 Å². The summed E-state index contributed by atoms with van der Waals surface area (Å²) in [4.78, 5) is 0. The number of hydrogen-bond donors (Lipinski definition) is 0. The average molecular weight is 703 g/mol. The van der Waals surface area contributed by atoms with Crippen LogP contribution in [-0.4, -0.2) is 6.88 Å². The molecule has 0 fully saturated rings. The summed E-state index contributed by atoms with van der Waals surface area (Å²) in [6.45, 7) is 16.2. The number of halogens is 2. The van der Waals surface area contributed by atoms with E-state index in [0.29, 0.717) is 5.92 Å². The Bertz CT molecular complexity index is 1710. The van der Waals surface area contributed by atoms with Crippen LogP contribution in [0.2, 0.25) is 0 Å². The molecule has 0 heterocycles. The molecule has 0 saturated heterocycles. The van der Waals surface area contributed by atoms with Gasteiger partial charge in [-0.2, -0.15) is 12.1 Å². The molecule has 0 amide bonds. The van der Waals surface area contributed by atoms with E-state index in [1.165, 1.54) is 95.0 Å². The fourth-order valence-electron chi connectivity index (χ4n) is 5.33. The van der Waals surface area contributed by atoms with E-state index in [9.17, 15) is 0 Å². The van der Waals surface area contributed by atoms with Crippen molar-refractivity contribution in [3.05, 3.63) is 146 Å². The summed E-state index contributed by atoms with van der Waals surface area (Å²) < 4.78 is 0. The maximum absolute atomic E-state index is 3.06. The van der Waals surface area contributed by atoms with Crippen LogP contribution < -0.4 is 0 Å². The Kier molecular flexibility index (Phi) is 17.6. The van der Waals surface area contributed by atoms with Gasteiger partial charge in [0.25, 0.3) is 0 Å². The molecule has 4 heteroatoms. The zero-order valence-corrected chi connectivity index (χ0v) is 31.8. The van der Waals surface area contributed by atoms with Gasteiger partial charge in [-0.1, -0.05) is 104 Å². The van der Waals surface area contributed by atoms with E-state index in [1.807, 2.05) is 0 Å². The standard InChI is InChI=1S/C20H21.C17H15.2CH3.2ClH.Si.Zr/c1-13(2)17-11-16-6-5-7-18(20(16)12-17)19-10-14(3)8-9-15(19)4;1-12-8-15-9-13(2)11-17(15)16(10-12)14-6-4-3-5-7-14;;;;;;/h5-13H,1-4H3;3-11H,1-2H3;2*1H3;2*1H;;/q4*-1;;;;. The van der Waals surface area contributed by atoms with Crippen molar-refractivity contribution < 1.29 is 23.3 Å². The summed E-state index contributed by atoms with van der Waals surface area (Å²) in [7, 11) is 0. The van der Waals surface area contributed by atoms with Crippen LogP contribution in [0.3, 0.4) is 0 Å². The van der Waals surface area contributed by atoms with E-state index >= 15 is 0 Å². The van der Waals surface area contributed by atoms with Crippen molar-refractivity contribution in [2.75, 3.05) is 0 Å². The molecular weight excluding hydrogens is 659 g/mol. The van der Waals surface area contributed by atoms with E-state index < -0.39 is 0 Å². The van der Waals surface area contributed by atoms with Gasteiger partial charge in [-0.25, -0.2) is 0 Å². The summed E-state index contributed by atoms with van der Waals surface area (Å²) in [6.07, 6.45) is 0. The van der Waals surface area contributed by atoms with Crippen molar-refractivity contribution >= 4 is 53.2 Å². The molecular formula is C39H44Cl2SiZr-4. The summed E-state index contributed by atoms with van der Waals surface area (Å²) >= 11 is 1.36. The summed E-state index contributed by atoms with van der Waals surface area (Å²) in [6, 6.07) is 37.7. The second-order valence-electron chi connectivity index (χ2n) is 10.8. The van der Waals surface area contributed by atoms with Gasteiger partial charge < -0.3 is 14.9 Å². The van der Waals surface area contributed by atoms with Crippen LogP contribution in [0.25, 0.3) is 43.8 Å². The number of fused-ring (bicyclic) bond motifs is 2. The first-order valence-electron chi connectivity index (χ1n) is 13.6. The zero-order chi connectivity index (χ0) is 28.1. The van der Waals surface area contributed by atoms with Crippen molar-refractivity contribution in [1.29, 1.82) is 0 Å². The molecule has 0 bridgehead atoms. The molecule has 6 aromatic rings. The van der Waals surface area contributed by atoms with E-state index in [-0.39, 0.29) is 39.7 Å². The van der Waals surface area contributed by atoms with E-state index in [2.05, 4.69) is 152 Å². The van der Waals surface area contributed by atoms with Gasteiger partial charge in [0.05, 0.1) is 0 Å². The van der Waals surface area contributed by atoms with Crippen LogP contribution in [0.1, 0.15) is 47.6 Å². The molecule has 0 N–H and O–H groups in total. The fourth-order valence-corrected chi connectivity index (χ4v) is 5.33. The second-order valence-corrected chi connectivity index (χ2v) is 10.8. The molecule has 0 aliphatic heterocycles.